The molecule has 0 aliphatic heterocycles. The van der Waals surface area contributed by atoms with Crippen LogP contribution in [0.25, 0.3) is 10.9 Å². The molecule has 0 atom stereocenters. The third-order valence-electron chi connectivity index (χ3n) is 4.19. The van der Waals surface area contributed by atoms with E-state index in [-0.39, 0.29) is 16.4 Å². The predicted octanol–water partition coefficient (Wildman–Crippen LogP) is 4.16. The highest BCUT2D eigenvalue weighted by molar-refractivity contribution is 7.92. The molecule has 0 fully saturated rings. The molecule has 0 bridgehead atoms. The average molecular weight is 368 g/mol. The molecular weight excluding hydrogens is 348 g/mol. The minimum absolute atomic E-state index is 0.169. The summed E-state index contributed by atoms with van der Waals surface area (Å²) in [6.07, 6.45) is 0. The highest BCUT2D eigenvalue weighted by atomic mass is 32.2. The molecule has 3 aromatic rings. The number of hydrogen-bond donors (Lipinski definition) is 1. The standard InChI is InChI=1S/C20H20N2O3S/c1-12-5-7-16(8-6-12)26(24,25)22-19-11-17(15(4)23)21-18-10-13(2)9-14(3)20(18)19/h5-11H,1-4H3,(H,21,22). The van der Waals surface area contributed by atoms with Gasteiger partial charge in [-0.15, -0.1) is 0 Å². The Balaban J connectivity index is 2.20. The summed E-state index contributed by atoms with van der Waals surface area (Å²) in [4.78, 5) is 16.4. The van der Waals surface area contributed by atoms with E-state index in [0.717, 1.165) is 16.7 Å². The molecule has 0 aliphatic carbocycles. The number of rotatable bonds is 4. The van der Waals surface area contributed by atoms with Crippen LogP contribution in [-0.2, 0) is 10.0 Å². The van der Waals surface area contributed by atoms with Gasteiger partial charge < -0.3 is 0 Å². The van der Waals surface area contributed by atoms with Crippen LogP contribution in [-0.4, -0.2) is 19.2 Å². The van der Waals surface area contributed by atoms with Gasteiger partial charge in [-0.2, -0.15) is 0 Å². The quantitative estimate of drug-likeness (QED) is 0.702. The van der Waals surface area contributed by atoms with Crippen LogP contribution in [0.4, 0.5) is 5.69 Å². The largest absolute Gasteiger partial charge is 0.293 e. The van der Waals surface area contributed by atoms with Crippen LogP contribution in [0, 0.1) is 20.8 Å². The maximum absolute atomic E-state index is 12.8. The van der Waals surface area contributed by atoms with Crippen molar-refractivity contribution in [2.75, 3.05) is 4.72 Å². The Morgan fingerprint density at radius 1 is 0.962 bits per heavy atom. The molecule has 3 rings (SSSR count). The number of sulfonamides is 1. The molecule has 0 radical (unpaired) electrons. The Labute approximate surface area is 153 Å². The van der Waals surface area contributed by atoms with Crippen molar-refractivity contribution in [2.45, 2.75) is 32.6 Å². The van der Waals surface area contributed by atoms with Crippen molar-refractivity contribution in [3.63, 3.8) is 0 Å². The number of hydrogen-bond acceptors (Lipinski definition) is 4. The maximum atomic E-state index is 12.8. The first-order valence-electron chi connectivity index (χ1n) is 8.20. The summed E-state index contributed by atoms with van der Waals surface area (Å²) >= 11 is 0. The van der Waals surface area contributed by atoms with E-state index in [1.165, 1.54) is 13.0 Å². The van der Waals surface area contributed by atoms with Gasteiger partial charge in [0, 0.05) is 12.3 Å². The van der Waals surface area contributed by atoms with Gasteiger partial charge in [0.1, 0.15) is 5.69 Å². The lowest BCUT2D eigenvalue weighted by atomic mass is 10.0. The monoisotopic (exact) mass is 368 g/mol. The van der Waals surface area contributed by atoms with E-state index in [1.54, 1.807) is 24.3 Å². The van der Waals surface area contributed by atoms with Gasteiger partial charge in [-0.25, -0.2) is 13.4 Å². The first-order valence-corrected chi connectivity index (χ1v) is 9.68. The van der Waals surface area contributed by atoms with E-state index in [0.29, 0.717) is 16.6 Å². The van der Waals surface area contributed by atoms with Gasteiger partial charge in [0.2, 0.25) is 0 Å². The van der Waals surface area contributed by atoms with Gasteiger partial charge in [-0.1, -0.05) is 23.8 Å². The summed E-state index contributed by atoms with van der Waals surface area (Å²) in [5.74, 6) is -0.221. The number of Topliss-reactive ketones (excluding diaryl/α,β-unsaturated/α-hetero) is 1. The number of benzene rings is 2. The van der Waals surface area contributed by atoms with Crippen molar-refractivity contribution in [1.29, 1.82) is 0 Å². The van der Waals surface area contributed by atoms with Crippen LogP contribution in [0.15, 0.2) is 47.4 Å². The summed E-state index contributed by atoms with van der Waals surface area (Å²) in [6.45, 7) is 7.14. The van der Waals surface area contributed by atoms with Crippen LogP contribution >= 0.6 is 0 Å². The molecule has 0 saturated carbocycles. The van der Waals surface area contributed by atoms with Gasteiger partial charge in [-0.3, -0.25) is 9.52 Å². The van der Waals surface area contributed by atoms with E-state index in [2.05, 4.69) is 9.71 Å². The molecule has 0 saturated heterocycles. The van der Waals surface area contributed by atoms with E-state index < -0.39 is 10.0 Å². The third kappa shape index (κ3) is 3.46. The SMILES string of the molecule is CC(=O)c1cc(NS(=O)(=O)c2ccc(C)cc2)c2c(C)cc(C)cc2n1. The molecule has 0 amide bonds. The number of anilines is 1. The number of ketones is 1. The Bertz CT molecular complexity index is 1120. The van der Waals surface area contributed by atoms with Gasteiger partial charge in [0.05, 0.1) is 16.1 Å². The molecule has 0 unspecified atom stereocenters. The van der Waals surface area contributed by atoms with Crippen LogP contribution in [0.5, 0.6) is 0 Å². The molecule has 134 valence electrons. The lowest BCUT2D eigenvalue weighted by Crippen LogP contribution is -2.14. The first kappa shape index (κ1) is 18.1. The van der Waals surface area contributed by atoms with Crippen LogP contribution in [0.3, 0.4) is 0 Å². The lowest BCUT2D eigenvalue weighted by molar-refractivity contribution is 0.101. The fourth-order valence-electron chi connectivity index (χ4n) is 2.94. The molecule has 5 nitrogen and oxygen atoms in total. The van der Waals surface area contributed by atoms with E-state index in [1.807, 2.05) is 32.9 Å². The summed E-state index contributed by atoms with van der Waals surface area (Å²) in [5, 5.41) is 0.691. The fourth-order valence-corrected chi connectivity index (χ4v) is 4.00. The number of aromatic nitrogens is 1. The number of carbonyl (C=O) groups excluding carboxylic acids is 1. The molecule has 1 heterocycles. The fraction of sp³-hybridized carbons (Fsp3) is 0.200. The first-order chi connectivity index (χ1) is 12.2. The van der Waals surface area contributed by atoms with E-state index in [4.69, 9.17) is 0 Å². The normalized spacial score (nSPS) is 11.5. The third-order valence-corrected chi connectivity index (χ3v) is 5.57. The second-order valence-electron chi connectivity index (χ2n) is 6.51. The van der Waals surface area contributed by atoms with Gasteiger partial charge in [-0.05, 0) is 56.2 Å². The topological polar surface area (TPSA) is 76.1 Å². The molecule has 1 aromatic heterocycles. The summed E-state index contributed by atoms with van der Waals surface area (Å²) < 4.78 is 28.2. The Hall–Kier alpha value is -2.73. The summed E-state index contributed by atoms with van der Waals surface area (Å²) in [7, 11) is -3.78. The molecule has 0 aliphatic rings. The molecule has 0 spiro atoms. The Kier molecular flexibility index (Phi) is 4.54. The molecule has 6 heteroatoms. The minimum Gasteiger partial charge on any atom is -0.293 e. The van der Waals surface area contributed by atoms with Crippen LogP contribution in [0.2, 0.25) is 0 Å². The second-order valence-corrected chi connectivity index (χ2v) is 8.19. The van der Waals surface area contributed by atoms with E-state index in [9.17, 15) is 13.2 Å². The van der Waals surface area contributed by atoms with Crippen molar-refractivity contribution in [3.05, 3.63) is 64.8 Å². The highest BCUT2D eigenvalue weighted by Gasteiger charge is 2.18. The van der Waals surface area contributed by atoms with Gasteiger partial charge in [0.25, 0.3) is 10.0 Å². The van der Waals surface area contributed by atoms with Crippen LogP contribution < -0.4 is 4.72 Å². The minimum atomic E-state index is -3.78. The Morgan fingerprint density at radius 3 is 2.23 bits per heavy atom. The second kappa shape index (κ2) is 6.53. The zero-order valence-electron chi connectivity index (χ0n) is 15.1. The number of nitrogens with one attached hydrogen (secondary N) is 1. The van der Waals surface area contributed by atoms with Gasteiger partial charge in [0.15, 0.2) is 5.78 Å². The van der Waals surface area contributed by atoms with Crippen molar-refractivity contribution in [3.8, 4) is 0 Å². The number of nitrogens with zero attached hydrogens (tertiary/aromatic N) is 1. The average Bonchev–Trinajstić information content (AvgIpc) is 2.53. The van der Waals surface area contributed by atoms with Crippen molar-refractivity contribution in [1.82, 2.24) is 4.98 Å². The van der Waals surface area contributed by atoms with Crippen molar-refractivity contribution < 1.29 is 13.2 Å². The summed E-state index contributed by atoms with van der Waals surface area (Å²) in [6, 6.07) is 11.9. The lowest BCUT2D eigenvalue weighted by Gasteiger charge is -2.14. The maximum Gasteiger partial charge on any atom is 0.261 e. The zero-order valence-corrected chi connectivity index (χ0v) is 15.9. The smallest absolute Gasteiger partial charge is 0.261 e. The van der Waals surface area contributed by atoms with Crippen molar-refractivity contribution >= 4 is 32.4 Å². The van der Waals surface area contributed by atoms with Gasteiger partial charge >= 0.3 is 0 Å². The number of aryl methyl sites for hydroxylation is 3. The number of carbonyl (C=O) groups is 1. The summed E-state index contributed by atoms with van der Waals surface area (Å²) in [5.41, 5.74) is 4.04. The zero-order chi connectivity index (χ0) is 19.1. The molecule has 26 heavy (non-hydrogen) atoms. The highest BCUT2D eigenvalue weighted by Crippen LogP contribution is 2.30. The van der Waals surface area contributed by atoms with E-state index >= 15 is 0 Å². The molecule has 1 N–H and O–H groups in total. The predicted molar refractivity (Wildman–Crippen MR) is 103 cm³/mol. The molecular formula is C20H20N2O3S. The van der Waals surface area contributed by atoms with Crippen molar-refractivity contribution in [2.24, 2.45) is 0 Å². The van der Waals surface area contributed by atoms with Crippen LogP contribution in [0.1, 0.15) is 34.1 Å². The molecule has 2 aromatic carbocycles. The number of pyridine rings is 1. The number of fused-ring (bicyclic) bond motifs is 1. The Morgan fingerprint density at radius 2 is 1.62 bits per heavy atom.